The second-order valence-corrected chi connectivity index (χ2v) is 5.30. The summed E-state index contributed by atoms with van der Waals surface area (Å²) in [5.74, 6) is -1.96. The summed E-state index contributed by atoms with van der Waals surface area (Å²) in [6.07, 6.45) is -0.965. The Labute approximate surface area is 143 Å². The standard InChI is InChI=1S/C18H16F2N2O3/c1-11(25-14-4-2-3-12(7-14)10-23)18(24)22-17(9-21)15-6-5-13(19)8-16(15)20/h2-8,11,17,23H,10H2,1H3,(H,22,24). The summed E-state index contributed by atoms with van der Waals surface area (Å²) in [6, 6.07) is 9.80. The molecule has 2 aromatic carbocycles. The molecule has 0 fully saturated rings. The Bertz CT molecular complexity index is 805. The summed E-state index contributed by atoms with van der Waals surface area (Å²) in [6.45, 7) is 1.30. The SMILES string of the molecule is CC(Oc1cccc(CO)c1)C(=O)NC(C#N)c1ccc(F)cc1F. The first-order valence-corrected chi connectivity index (χ1v) is 7.46. The minimum Gasteiger partial charge on any atom is -0.481 e. The van der Waals surface area contributed by atoms with E-state index in [-0.39, 0.29) is 12.2 Å². The Morgan fingerprint density at radius 3 is 2.72 bits per heavy atom. The fourth-order valence-electron chi connectivity index (χ4n) is 2.15. The molecule has 0 aliphatic heterocycles. The normalized spacial score (nSPS) is 12.8. The molecular weight excluding hydrogens is 330 g/mol. The number of rotatable bonds is 6. The predicted octanol–water partition coefficient (Wildman–Crippen LogP) is 2.61. The van der Waals surface area contributed by atoms with Crippen molar-refractivity contribution in [2.75, 3.05) is 0 Å². The highest BCUT2D eigenvalue weighted by molar-refractivity contribution is 5.81. The number of amides is 1. The van der Waals surface area contributed by atoms with E-state index in [1.54, 1.807) is 30.3 Å². The van der Waals surface area contributed by atoms with E-state index >= 15 is 0 Å². The lowest BCUT2D eigenvalue weighted by Crippen LogP contribution is -2.38. The number of ether oxygens (including phenoxy) is 1. The maximum absolute atomic E-state index is 13.8. The Kier molecular flexibility index (Phi) is 6.03. The van der Waals surface area contributed by atoms with Crippen molar-refractivity contribution >= 4 is 5.91 Å². The molecule has 0 aromatic heterocycles. The average molecular weight is 346 g/mol. The molecule has 2 unspecified atom stereocenters. The molecule has 5 nitrogen and oxygen atoms in total. The second-order valence-electron chi connectivity index (χ2n) is 5.30. The van der Waals surface area contributed by atoms with Crippen LogP contribution in [-0.4, -0.2) is 17.1 Å². The lowest BCUT2D eigenvalue weighted by atomic mass is 10.1. The molecule has 2 aromatic rings. The molecule has 0 bridgehead atoms. The molecule has 0 spiro atoms. The number of hydrogen-bond acceptors (Lipinski definition) is 4. The first-order valence-electron chi connectivity index (χ1n) is 7.46. The topological polar surface area (TPSA) is 82.3 Å². The van der Waals surface area contributed by atoms with Crippen molar-refractivity contribution in [2.24, 2.45) is 0 Å². The molecule has 130 valence electrons. The Balaban J connectivity index is 2.07. The van der Waals surface area contributed by atoms with E-state index in [9.17, 15) is 13.6 Å². The van der Waals surface area contributed by atoms with Crippen molar-refractivity contribution in [3.63, 3.8) is 0 Å². The first kappa shape index (κ1) is 18.4. The van der Waals surface area contributed by atoms with E-state index in [0.29, 0.717) is 17.4 Å². The van der Waals surface area contributed by atoms with Crippen molar-refractivity contribution in [1.29, 1.82) is 5.26 Å². The van der Waals surface area contributed by atoms with Crippen molar-refractivity contribution in [1.82, 2.24) is 5.32 Å². The zero-order valence-electron chi connectivity index (χ0n) is 13.4. The van der Waals surface area contributed by atoms with E-state index in [1.807, 2.05) is 0 Å². The number of hydrogen-bond donors (Lipinski definition) is 2. The quantitative estimate of drug-likeness (QED) is 0.842. The smallest absolute Gasteiger partial charge is 0.262 e. The molecule has 0 saturated heterocycles. The van der Waals surface area contributed by atoms with Crippen molar-refractivity contribution in [2.45, 2.75) is 25.7 Å². The van der Waals surface area contributed by atoms with Gasteiger partial charge in [0, 0.05) is 11.6 Å². The molecule has 0 aliphatic rings. The highest BCUT2D eigenvalue weighted by Gasteiger charge is 2.22. The average Bonchev–Trinajstić information content (AvgIpc) is 2.60. The van der Waals surface area contributed by atoms with Gasteiger partial charge in [0.25, 0.3) is 5.91 Å². The van der Waals surface area contributed by atoms with Crippen molar-refractivity contribution < 1.29 is 23.4 Å². The number of carbonyl (C=O) groups excluding carboxylic acids is 1. The van der Waals surface area contributed by atoms with E-state index in [1.165, 1.54) is 6.92 Å². The molecular formula is C18H16F2N2O3. The summed E-state index contributed by atoms with van der Waals surface area (Å²) < 4.78 is 32.2. The van der Waals surface area contributed by atoms with Gasteiger partial charge in [-0.15, -0.1) is 0 Å². The number of benzene rings is 2. The first-order chi connectivity index (χ1) is 11.9. The molecule has 1 amide bonds. The van der Waals surface area contributed by atoms with Crippen LogP contribution < -0.4 is 10.1 Å². The molecule has 0 radical (unpaired) electrons. The number of halogens is 2. The number of nitrogens with zero attached hydrogens (tertiary/aromatic N) is 1. The van der Waals surface area contributed by atoms with Gasteiger partial charge in [0.2, 0.25) is 0 Å². The zero-order chi connectivity index (χ0) is 18.4. The maximum atomic E-state index is 13.8. The van der Waals surface area contributed by atoms with Crippen LogP contribution in [0.25, 0.3) is 0 Å². The summed E-state index contributed by atoms with van der Waals surface area (Å²) >= 11 is 0. The molecule has 25 heavy (non-hydrogen) atoms. The molecule has 7 heteroatoms. The number of aliphatic hydroxyl groups excluding tert-OH is 1. The highest BCUT2D eigenvalue weighted by Crippen LogP contribution is 2.19. The fraction of sp³-hybridized carbons (Fsp3) is 0.222. The van der Waals surface area contributed by atoms with E-state index in [2.05, 4.69) is 5.32 Å². The third-order valence-corrected chi connectivity index (χ3v) is 3.45. The van der Waals surface area contributed by atoms with Gasteiger partial charge in [-0.2, -0.15) is 5.26 Å². The lowest BCUT2D eigenvalue weighted by Gasteiger charge is -2.18. The summed E-state index contributed by atoms with van der Waals surface area (Å²) in [5, 5.41) is 20.6. The van der Waals surface area contributed by atoms with Gasteiger partial charge in [-0.1, -0.05) is 18.2 Å². The van der Waals surface area contributed by atoms with Gasteiger partial charge in [0.1, 0.15) is 23.4 Å². The van der Waals surface area contributed by atoms with Crippen LogP contribution in [-0.2, 0) is 11.4 Å². The Hall–Kier alpha value is -2.98. The highest BCUT2D eigenvalue weighted by atomic mass is 19.1. The van der Waals surface area contributed by atoms with Gasteiger partial charge in [-0.25, -0.2) is 8.78 Å². The molecule has 2 atom stereocenters. The molecule has 0 saturated carbocycles. The van der Waals surface area contributed by atoms with Crippen molar-refractivity contribution in [3.8, 4) is 11.8 Å². The minimum atomic E-state index is -1.28. The number of nitriles is 1. The van der Waals surface area contributed by atoms with Crippen molar-refractivity contribution in [3.05, 3.63) is 65.2 Å². The number of nitrogens with one attached hydrogen (secondary N) is 1. The predicted molar refractivity (Wildman–Crippen MR) is 85.3 cm³/mol. The van der Waals surface area contributed by atoms with Crippen LogP contribution in [0.2, 0.25) is 0 Å². The van der Waals surface area contributed by atoms with Crippen LogP contribution in [0, 0.1) is 23.0 Å². The van der Waals surface area contributed by atoms with Crippen LogP contribution in [0.3, 0.4) is 0 Å². The number of aliphatic hydroxyl groups is 1. The van der Waals surface area contributed by atoms with Gasteiger partial charge >= 0.3 is 0 Å². The van der Waals surface area contributed by atoms with Crippen LogP contribution in [0.4, 0.5) is 8.78 Å². The van der Waals surface area contributed by atoms with Gasteiger partial charge in [-0.3, -0.25) is 4.79 Å². The van der Waals surface area contributed by atoms with E-state index in [0.717, 1.165) is 12.1 Å². The van der Waals surface area contributed by atoms with Crippen LogP contribution in [0.1, 0.15) is 24.1 Å². The third-order valence-electron chi connectivity index (χ3n) is 3.45. The largest absolute Gasteiger partial charge is 0.481 e. The molecule has 0 heterocycles. The Morgan fingerprint density at radius 2 is 2.08 bits per heavy atom. The van der Waals surface area contributed by atoms with Gasteiger partial charge in [0.15, 0.2) is 6.10 Å². The summed E-state index contributed by atoms with van der Waals surface area (Å²) in [4.78, 5) is 12.2. The molecule has 2 rings (SSSR count). The van der Waals surface area contributed by atoms with Crippen LogP contribution >= 0.6 is 0 Å². The fourth-order valence-corrected chi connectivity index (χ4v) is 2.15. The van der Waals surface area contributed by atoms with Gasteiger partial charge < -0.3 is 15.2 Å². The third kappa shape index (κ3) is 4.75. The van der Waals surface area contributed by atoms with Gasteiger partial charge in [0.05, 0.1) is 12.7 Å². The van der Waals surface area contributed by atoms with E-state index < -0.39 is 29.7 Å². The van der Waals surface area contributed by atoms with Crippen LogP contribution in [0.15, 0.2) is 42.5 Å². The lowest BCUT2D eigenvalue weighted by molar-refractivity contribution is -0.127. The summed E-state index contributed by atoms with van der Waals surface area (Å²) in [5.41, 5.74) is 0.486. The van der Waals surface area contributed by atoms with Crippen LogP contribution in [0.5, 0.6) is 5.75 Å². The number of carbonyl (C=O) groups is 1. The maximum Gasteiger partial charge on any atom is 0.262 e. The monoisotopic (exact) mass is 346 g/mol. The zero-order valence-corrected chi connectivity index (χ0v) is 13.4. The van der Waals surface area contributed by atoms with E-state index in [4.69, 9.17) is 15.1 Å². The second kappa shape index (κ2) is 8.22. The van der Waals surface area contributed by atoms with Gasteiger partial charge in [-0.05, 0) is 30.7 Å². The summed E-state index contributed by atoms with van der Waals surface area (Å²) in [7, 11) is 0. The molecule has 2 N–H and O–H groups in total. The minimum absolute atomic E-state index is 0.133. The molecule has 0 aliphatic carbocycles. The Morgan fingerprint density at radius 1 is 1.32 bits per heavy atom.